The van der Waals surface area contributed by atoms with Crippen LogP contribution in [0.3, 0.4) is 0 Å². The van der Waals surface area contributed by atoms with Crippen molar-refractivity contribution in [1.82, 2.24) is 0 Å². The van der Waals surface area contributed by atoms with Gasteiger partial charge in [0.2, 0.25) is 0 Å². The van der Waals surface area contributed by atoms with Crippen LogP contribution in [-0.4, -0.2) is 5.78 Å². The highest BCUT2D eigenvalue weighted by Gasteiger charge is 2.25. The summed E-state index contributed by atoms with van der Waals surface area (Å²) in [6.45, 7) is 0. The first-order valence-corrected chi connectivity index (χ1v) is 7.65. The molecule has 0 saturated heterocycles. The molecule has 3 rings (SSSR count). The Labute approximate surface area is 127 Å². The van der Waals surface area contributed by atoms with Gasteiger partial charge in [0.05, 0.1) is 0 Å². The summed E-state index contributed by atoms with van der Waals surface area (Å²) in [6.07, 6.45) is 3.61. The SMILES string of the molecule is Nc1ccc(Br)cc1C(=O)c1ccccc1C1CCC1. The van der Waals surface area contributed by atoms with Gasteiger partial charge in [-0.3, -0.25) is 4.79 Å². The standard InChI is InChI=1S/C17H16BrNO/c18-12-8-9-16(19)15(10-12)17(20)14-7-2-1-6-13(14)11-4-3-5-11/h1-2,6-11H,3-5,19H2. The number of anilines is 1. The number of ketones is 1. The van der Waals surface area contributed by atoms with Gasteiger partial charge in [-0.05, 0) is 42.5 Å². The summed E-state index contributed by atoms with van der Waals surface area (Å²) in [5.74, 6) is 0.551. The third-order valence-corrected chi connectivity index (χ3v) is 4.50. The Morgan fingerprint density at radius 3 is 2.55 bits per heavy atom. The Morgan fingerprint density at radius 1 is 1.10 bits per heavy atom. The highest BCUT2D eigenvalue weighted by Crippen LogP contribution is 2.38. The molecule has 102 valence electrons. The summed E-state index contributed by atoms with van der Waals surface area (Å²) >= 11 is 3.40. The van der Waals surface area contributed by atoms with E-state index in [0.29, 0.717) is 17.2 Å². The molecule has 2 nitrogen and oxygen atoms in total. The number of rotatable bonds is 3. The average Bonchev–Trinajstić information content (AvgIpc) is 2.39. The molecular formula is C17H16BrNO. The molecule has 0 bridgehead atoms. The van der Waals surface area contributed by atoms with Crippen LogP contribution in [0, 0.1) is 0 Å². The average molecular weight is 330 g/mol. The molecule has 0 spiro atoms. The molecule has 0 atom stereocenters. The predicted octanol–water partition coefficient (Wildman–Crippen LogP) is 4.53. The monoisotopic (exact) mass is 329 g/mol. The number of carbonyl (C=O) groups is 1. The number of nitrogen functional groups attached to an aromatic ring is 1. The normalized spacial score (nSPS) is 14.8. The van der Waals surface area contributed by atoms with E-state index in [2.05, 4.69) is 22.0 Å². The van der Waals surface area contributed by atoms with Crippen LogP contribution in [0.15, 0.2) is 46.9 Å². The van der Waals surface area contributed by atoms with E-state index in [1.54, 1.807) is 12.1 Å². The highest BCUT2D eigenvalue weighted by atomic mass is 79.9. The Bertz CT molecular complexity index is 662. The van der Waals surface area contributed by atoms with Crippen LogP contribution in [0.5, 0.6) is 0 Å². The lowest BCUT2D eigenvalue weighted by atomic mass is 9.77. The molecule has 2 aromatic rings. The van der Waals surface area contributed by atoms with E-state index in [0.717, 1.165) is 10.0 Å². The number of carbonyl (C=O) groups excluding carboxylic acids is 1. The molecule has 0 amide bonds. The molecule has 0 aromatic heterocycles. The van der Waals surface area contributed by atoms with Gasteiger partial charge >= 0.3 is 0 Å². The van der Waals surface area contributed by atoms with Crippen LogP contribution in [0.25, 0.3) is 0 Å². The Balaban J connectivity index is 2.04. The summed E-state index contributed by atoms with van der Waals surface area (Å²) < 4.78 is 0.871. The third kappa shape index (κ3) is 2.38. The summed E-state index contributed by atoms with van der Waals surface area (Å²) in [6, 6.07) is 13.3. The van der Waals surface area contributed by atoms with Crippen molar-refractivity contribution >= 4 is 27.4 Å². The summed E-state index contributed by atoms with van der Waals surface area (Å²) in [5, 5.41) is 0. The fraction of sp³-hybridized carbons (Fsp3) is 0.235. The van der Waals surface area contributed by atoms with Crippen molar-refractivity contribution < 1.29 is 4.79 Å². The van der Waals surface area contributed by atoms with Crippen LogP contribution in [-0.2, 0) is 0 Å². The van der Waals surface area contributed by atoms with E-state index in [4.69, 9.17) is 5.73 Å². The first kappa shape index (κ1) is 13.4. The summed E-state index contributed by atoms with van der Waals surface area (Å²) in [5.41, 5.74) is 9.03. The zero-order valence-electron chi connectivity index (χ0n) is 11.1. The maximum atomic E-state index is 12.8. The van der Waals surface area contributed by atoms with Gasteiger partial charge in [-0.1, -0.05) is 46.6 Å². The van der Waals surface area contributed by atoms with Crippen LogP contribution >= 0.6 is 15.9 Å². The molecule has 1 fully saturated rings. The molecule has 3 heteroatoms. The van der Waals surface area contributed by atoms with Gasteiger partial charge in [0, 0.05) is 21.3 Å². The van der Waals surface area contributed by atoms with E-state index in [1.165, 1.54) is 24.8 Å². The quantitative estimate of drug-likeness (QED) is 0.664. The van der Waals surface area contributed by atoms with Crippen molar-refractivity contribution in [1.29, 1.82) is 0 Å². The van der Waals surface area contributed by atoms with E-state index in [9.17, 15) is 4.79 Å². The lowest BCUT2D eigenvalue weighted by Crippen LogP contribution is -2.15. The van der Waals surface area contributed by atoms with Crippen molar-refractivity contribution in [3.63, 3.8) is 0 Å². The van der Waals surface area contributed by atoms with Gasteiger partial charge < -0.3 is 5.73 Å². The number of benzene rings is 2. The van der Waals surface area contributed by atoms with Crippen molar-refractivity contribution in [3.05, 3.63) is 63.6 Å². The van der Waals surface area contributed by atoms with Crippen LogP contribution in [0.1, 0.15) is 46.7 Å². The first-order chi connectivity index (χ1) is 9.66. The highest BCUT2D eigenvalue weighted by molar-refractivity contribution is 9.10. The fourth-order valence-corrected chi connectivity index (χ4v) is 3.01. The smallest absolute Gasteiger partial charge is 0.195 e. The zero-order chi connectivity index (χ0) is 14.1. The van der Waals surface area contributed by atoms with E-state index in [-0.39, 0.29) is 5.78 Å². The molecule has 0 aliphatic heterocycles. The minimum atomic E-state index is 0.0197. The molecule has 0 radical (unpaired) electrons. The van der Waals surface area contributed by atoms with E-state index in [1.807, 2.05) is 24.3 Å². The molecule has 1 saturated carbocycles. The van der Waals surface area contributed by atoms with Crippen molar-refractivity contribution in [2.75, 3.05) is 5.73 Å². The van der Waals surface area contributed by atoms with Crippen molar-refractivity contribution in [2.24, 2.45) is 0 Å². The van der Waals surface area contributed by atoms with E-state index >= 15 is 0 Å². The number of hydrogen-bond donors (Lipinski definition) is 1. The lowest BCUT2D eigenvalue weighted by Gasteiger charge is -2.27. The second kappa shape index (κ2) is 5.41. The Kier molecular flexibility index (Phi) is 3.62. The lowest BCUT2D eigenvalue weighted by molar-refractivity contribution is 0.103. The fourth-order valence-electron chi connectivity index (χ4n) is 2.65. The third-order valence-electron chi connectivity index (χ3n) is 4.01. The summed E-state index contributed by atoms with van der Waals surface area (Å²) in [4.78, 5) is 12.8. The van der Waals surface area contributed by atoms with Crippen LogP contribution in [0.4, 0.5) is 5.69 Å². The van der Waals surface area contributed by atoms with Crippen molar-refractivity contribution in [2.45, 2.75) is 25.2 Å². The van der Waals surface area contributed by atoms with Crippen LogP contribution < -0.4 is 5.73 Å². The molecule has 1 aliphatic rings. The minimum Gasteiger partial charge on any atom is -0.398 e. The maximum Gasteiger partial charge on any atom is 0.195 e. The van der Waals surface area contributed by atoms with E-state index < -0.39 is 0 Å². The predicted molar refractivity (Wildman–Crippen MR) is 85.0 cm³/mol. The van der Waals surface area contributed by atoms with Crippen LogP contribution in [0.2, 0.25) is 0 Å². The number of halogens is 1. The maximum absolute atomic E-state index is 12.8. The Hall–Kier alpha value is -1.61. The molecule has 1 aliphatic carbocycles. The van der Waals surface area contributed by atoms with Crippen molar-refractivity contribution in [3.8, 4) is 0 Å². The molecule has 2 N–H and O–H groups in total. The zero-order valence-corrected chi connectivity index (χ0v) is 12.7. The Morgan fingerprint density at radius 2 is 1.85 bits per heavy atom. The number of hydrogen-bond acceptors (Lipinski definition) is 2. The largest absolute Gasteiger partial charge is 0.398 e. The minimum absolute atomic E-state index is 0.0197. The molecule has 0 unspecified atom stereocenters. The van der Waals surface area contributed by atoms with Gasteiger partial charge in [-0.2, -0.15) is 0 Å². The molecule has 20 heavy (non-hydrogen) atoms. The first-order valence-electron chi connectivity index (χ1n) is 6.85. The second-order valence-corrected chi connectivity index (χ2v) is 6.19. The molecular weight excluding hydrogens is 314 g/mol. The second-order valence-electron chi connectivity index (χ2n) is 5.28. The summed E-state index contributed by atoms with van der Waals surface area (Å²) in [7, 11) is 0. The molecule has 2 aromatic carbocycles. The molecule has 0 heterocycles. The van der Waals surface area contributed by atoms with Gasteiger partial charge in [0.15, 0.2) is 5.78 Å². The van der Waals surface area contributed by atoms with Gasteiger partial charge in [0.25, 0.3) is 0 Å². The number of nitrogens with two attached hydrogens (primary N) is 1. The topological polar surface area (TPSA) is 43.1 Å². The van der Waals surface area contributed by atoms with Gasteiger partial charge in [0.1, 0.15) is 0 Å². The van der Waals surface area contributed by atoms with Gasteiger partial charge in [-0.15, -0.1) is 0 Å². The van der Waals surface area contributed by atoms with Gasteiger partial charge in [-0.25, -0.2) is 0 Å².